The van der Waals surface area contributed by atoms with Crippen LogP contribution in [0.1, 0.15) is 18.4 Å². The van der Waals surface area contributed by atoms with Gasteiger partial charge in [0.05, 0.1) is 0 Å². The van der Waals surface area contributed by atoms with E-state index in [-0.39, 0.29) is 16.7 Å². The van der Waals surface area contributed by atoms with Crippen molar-refractivity contribution in [1.29, 1.82) is 5.26 Å². The SMILES string of the molecule is CCc1nnc(S/C(=C\c2cccc(OCC#N)c2)C(=O)O)o1. The number of carbonyl (C=O) groups is 1. The molecule has 0 saturated heterocycles. The van der Waals surface area contributed by atoms with Gasteiger partial charge in [0, 0.05) is 6.42 Å². The molecule has 0 atom stereocenters. The molecule has 1 heterocycles. The summed E-state index contributed by atoms with van der Waals surface area (Å²) >= 11 is 0.880. The van der Waals surface area contributed by atoms with E-state index in [9.17, 15) is 9.90 Å². The summed E-state index contributed by atoms with van der Waals surface area (Å²) in [5, 5.41) is 25.6. The molecule has 1 N–H and O–H groups in total. The molecule has 1 aromatic heterocycles. The van der Waals surface area contributed by atoms with Gasteiger partial charge in [0.2, 0.25) is 5.89 Å². The van der Waals surface area contributed by atoms with Crippen LogP contribution < -0.4 is 4.74 Å². The van der Waals surface area contributed by atoms with Gasteiger partial charge in [-0.15, -0.1) is 10.2 Å². The second kappa shape index (κ2) is 8.00. The third-order valence-corrected chi connectivity index (χ3v) is 3.47. The zero-order valence-electron chi connectivity index (χ0n) is 12.2. The summed E-state index contributed by atoms with van der Waals surface area (Å²) in [7, 11) is 0. The highest BCUT2D eigenvalue weighted by Crippen LogP contribution is 2.28. The number of ether oxygens (including phenoxy) is 1. The van der Waals surface area contributed by atoms with E-state index >= 15 is 0 Å². The number of aryl methyl sites for hydroxylation is 1. The van der Waals surface area contributed by atoms with Crippen molar-refractivity contribution in [2.24, 2.45) is 0 Å². The van der Waals surface area contributed by atoms with Crippen LogP contribution in [0.3, 0.4) is 0 Å². The number of thioether (sulfide) groups is 1. The Morgan fingerprint density at radius 1 is 1.52 bits per heavy atom. The number of hydrogen-bond acceptors (Lipinski definition) is 7. The van der Waals surface area contributed by atoms with E-state index in [1.54, 1.807) is 24.3 Å². The van der Waals surface area contributed by atoms with Crippen LogP contribution >= 0.6 is 11.8 Å². The van der Waals surface area contributed by atoms with E-state index in [1.165, 1.54) is 6.08 Å². The molecule has 0 aliphatic heterocycles. The fourth-order valence-electron chi connectivity index (χ4n) is 1.61. The van der Waals surface area contributed by atoms with Crippen molar-refractivity contribution in [2.45, 2.75) is 18.6 Å². The Labute approximate surface area is 136 Å². The van der Waals surface area contributed by atoms with Crippen LogP contribution in [0.5, 0.6) is 5.75 Å². The van der Waals surface area contributed by atoms with Gasteiger partial charge in [-0.1, -0.05) is 19.1 Å². The number of carboxylic acid groups (broad SMARTS) is 1. The van der Waals surface area contributed by atoms with Crippen LogP contribution in [0.2, 0.25) is 0 Å². The van der Waals surface area contributed by atoms with Crippen LogP contribution in [0.4, 0.5) is 0 Å². The Morgan fingerprint density at radius 3 is 3.00 bits per heavy atom. The molecule has 118 valence electrons. The number of nitriles is 1. The molecule has 2 aromatic rings. The molecule has 0 fully saturated rings. The highest BCUT2D eigenvalue weighted by Gasteiger charge is 2.14. The number of benzene rings is 1. The van der Waals surface area contributed by atoms with Crippen LogP contribution in [0.25, 0.3) is 6.08 Å². The van der Waals surface area contributed by atoms with Gasteiger partial charge in [-0.2, -0.15) is 5.26 Å². The van der Waals surface area contributed by atoms with E-state index in [0.717, 1.165) is 11.8 Å². The summed E-state index contributed by atoms with van der Waals surface area (Å²) in [6.07, 6.45) is 2.06. The maximum absolute atomic E-state index is 11.4. The normalized spacial score (nSPS) is 11.0. The monoisotopic (exact) mass is 331 g/mol. The van der Waals surface area contributed by atoms with Gasteiger partial charge in [-0.05, 0) is 35.5 Å². The smallest absolute Gasteiger partial charge is 0.342 e. The van der Waals surface area contributed by atoms with E-state index in [2.05, 4.69) is 10.2 Å². The fraction of sp³-hybridized carbons (Fsp3) is 0.200. The summed E-state index contributed by atoms with van der Waals surface area (Å²) in [4.78, 5) is 11.4. The number of rotatable bonds is 7. The third-order valence-electron chi connectivity index (χ3n) is 2.62. The van der Waals surface area contributed by atoms with Gasteiger partial charge in [0.15, 0.2) is 6.61 Å². The molecular weight excluding hydrogens is 318 g/mol. The van der Waals surface area contributed by atoms with Gasteiger partial charge >= 0.3 is 5.97 Å². The summed E-state index contributed by atoms with van der Waals surface area (Å²) in [5.41, 5.74) is 0.626. The minimum atomic E-state index is -1.10. The minimum absolute atomic E-state index is 0.0359. The lowest BCUT2D eigenvalue weighted by atomic mass is 10.2. The first-order valence-corrected chi connectivity index (χ1v) is 7.49. The molecule has 2 rings (SSSR count). The van der Waals surface area contributed by atoms with Crippen LogP contribution in [-0.4, -0.2) is 27.9 Å². The number of nitrogens with zero attached hydrogens (tertiary/aromatic N) is 3. The minimum Gasteiger partial charge on any atom is -0.479 e. The number of hydrogen-bond donors (Lipinski definition) is 1. The lowest BCUT2D eigenvalue weighted by Crippen LogP contribution is -1.97. The largest absolute Gasteiger partial charge is 0.479 e. The summed E-state index contributed by atoms with van der Waals surface area (Å²) in [5.74, 6) is -0.167. The maximum Gasteiger partial charge on any atom is 0.342 e. The molecule has 0 spiro atoms. The van der Waals surface area contributed by atoms with Crippen LogP contribution in [-0.2, 0) is 11.2 Å². The van der Waals surface area contributed by atoms with Gasteiger partial charge in [-0.3, -0.25) is 0 Å². The van der Waals surface area contributed by atoms with Crippen molar-refractivity contribution in [3.8, 4) is 11.8 Å². The predicted octanol–water partition coefficient (Wildman–Crippen LogP) is 2.75. The van der Waals surface area contributed by atoms with Gasteiger partial charge < -0.3 is 14.3 Å². The zero-order valence-corrected chi connectivity index (χ0v) is 13.0. The molecule has 0 amide bonds. The Balaban J connectivity index is 2.21. The zero-order chi connectivity index (χ0) is 16.7. The highest BCUT2D eigenvalue weighted by molar-refractivity contribution is 8.03. The van der Waals surface area contributed by atoms with Gasteiger partial charge in [-0.25, -0.2) is 4.79 Å². The van der Waals surface area contributed by atoms with Crippen molar-refractivity contribution in [3.05, 3.63) is 40.6 Å². The standard InChI is InChI=1S/C15H13N3O4S/c1-2-13-17-18-15(22-13)23-12(14(19)20)9-10-4-3-5-11(8-10)21-7-6-16/h3-5,8-9H,2,7H2,1H3,(H,19,20)/b12-9-. The first kappa shape index (κ1) is 16.6. The van der Waals surface area contributed by atoms with Crippen LogP contribution in [0.15, 0.2) is 38.8 Å². The lowest BCUT2D eigenvalue weighted by Gasteiger charge is -2.03. The van der Waals surface area contributed by atoms with Crippen LogP contribution in [0, 0.1) is 11.3 Å². The second-order valence-corrected chi connectivity index (χ2v) is 5.24. The van der Waals surface area contributed by atoms with Crippen molar-refractivity contribution >= 4 is 23.8 Å². The average Bonchev–Trinajstić information content (AvgIpc) is 3.00. The second-order valence-electron chi connectivity index (χ2n) is 4.25. The molecular formula is C15H13N3O4S. The Morgan fingerprint density at radius 2 is 2.35 bits per heavy atom. The average molecular weight is 331 g/mol. The fourth-order valence-corrected chi connectivity index (χ4v) is 2.30. The molecule has 0 unspecified atom stereocenters. The highest BCUT2D eigenvalue weighted by atomic mass is 32.2. The third kappa shape index (κ3) is 4.86. The quantitative estimate of drug-likeness (QED) is 0.609. The van der Waals surface area contributed by atoms with Crippen molar-refractivity contribution in [3.63, 3.8) is 0 Å². The Hall–Kier alpha value is -2.79. The lowest BCUT2D eigenvalue weighted by molar-refractivity contribution is -0.131. The first-order valence-electron chi connectivity index (χ1n) is 6.67. The molecule has 0 radical (unpaired) electrons. The van der Waals surface area contributed by atoms with E-state index < -0.39 is 5.97 Å². The van der Waals surface area contributed by atoms with Crippen molar-refractivity contribution in [2.75, 3.05) is 6.61 Å². The molecule has 7 nitrogen and oxygen atoms in total. The van der Waals surface area contributed by atoms with Crippen molar-refractivity contribution < 1.29 is 19.1 Å². The van der Waals surface area contributed by atoms with E-state index in [1.807, 2.05) is 13.0 Å². The molecule has 0 bridgehead atoms. The maximum atomic E-state index is 11.4. The number of aromatic nitrogens is 2. The first-order chi connectivity index (χ1) is 11.1. The summed E-state index contributed by atoms with van der Waals surface area (Å²) < 4.78 is 10.5. The molecule has 0 aliphatic rings. The summed E-state index contributed by atoms with van der Waals surface area (Å²) in [6.45, 7) is 1.79. The van der Waals surface area contributed by atoms with E-state index in [0.29, 0.717) is 23.6 Å². The molecule has 0 saturated carbocycles. The van der Waals surface area contributed by atoms with Gasteiger partial charge in [0.25, 0.3) is 5.22 Å². The number of aliphatic carboxylic acids is 1. The molecule has 8 heteroatoms. The van der Waals surface area contributed by atoms with Crippen molar-refractivity contribution in [1.82, 2.24) is 10.2 Å². The van der Waals surface area contributed by atoms with Gasteiger partial charge in [0.1, 0.15) is 16.7 Å². The summed E-state index contributed by atoms with van der Waals surface area (Å²) in [6, 6.07) is 8.65. The molecule has 1 aromatic carbocycles. The topological polar surface area (TPSA) is 109 Å². The van der Waals surface area contributed by atoms with E-state index in [4.69, 9.17) is 14.4 Å². The predicted molar refractivity (Wildman–Crippen MR) is 82.7 cm³/mol. The Bertz CT molecular complexity index is 764. The number of carboxylic acids is 1. The molecule has 23 heavy (non-hydrogen) atoms. The Kier molecular flexibility index (Phi) is 5.77. The molecule has 0 aliphatic carbocycles.